The molecule has 0 fully saturated rings. The molecular formula is C38H44N2+2. The Bertz CT molecular complexity index is 1650. The van der Waals surface area contributed by atoms with E-state index in [1.165, 1.54) is 55.7 Å². The van der Waals surface area contributed by atoms with E-state index in [0.29, 0.717) is 0 Å². The molecule has 0 radical (unpaired) electrons. The van der Waals surface area contributed by atoms with Gasteiger partial charge in [0, 0.05) is 35.1 Å². The molecule has 0 unspecified atom stereocenters. The summed E-state index contributed by atoms with van der Waals surface area (Å²) in [5.74, 6) is 0. The highest BCUT2D eigenvalue weighted by Crippen LogP contribution is 2.70. The fourth-order valence-electron chi connectivity index (χ4n) is 6.97. The number of hydrogen-bond donors (Lipinski definition) is 0. The van der Waals surface area contributed by atoms with Gasteiger partial charge in [0.05, 0.1) is 0 Å². The molecule has 0 amide bonds. The first-order valence-corrected chi connectivity index (χ1v) is 14.6. The van der Waals surface area contributed by atoms with Crippen LogP contribution in [0.4, 0.5) is 0 Å². The van der Waals surface area contributed by atoms with Crippen molar-refractivity contribution in [1.29, 1.82) is 0 Å². The average Bonchev–Trinajstić information content (AvgIpc) is 2.87. The number of aryl methyl sites for hydroxylation is 2. The van der Waals surface area contributed by atoms with Gasteiger partial charge in [-0.3, -0.25) is 0 Å². The van der Waals surface area contributed by atoms with Crippen molar-refractivity contribution < 1.29 is 9.13 Å². The van der Waals surface area contributed by atoms with Gasteiger partial charge in [0.15, 0.2) is 24.8 Å². The van der Waals surface area contributed by atoms with Gasteiger partial charge in [0.2, 0.25) is 0 Å². The Morgan fingerprint density at radius 2 is 1.05 bits per heavy atom. The maximum absolute atomic E-state index is 2.52. The molecule has 6 rings (SSSR count). The molecule has 4 aliphatic rings. The second-order valence-corrected chi connectivity index (χ2v) is 14.6. The molecule has 2 aromatic heterocycles. The standard InChI is InChI=1S/C38H44N2/c1-35(2,3)27-19-29-21-32(26-13-17-40(10)18-14-26)34-24-28(36(4,5)6)20-30-22-31(25-11-15-39(9)16-12-25)33(23-27)37(29,7)38(30,34)8/h11-24H,1-10H3/q+2/t37-,38+. The molecule has 40 heavy (non-hydrogen) atoms. The Morgan fingerprint density at radius 1 is 0.550 bits per heavy atom. The summed E-state index contributed by atoms with van der Waals surface area (Å²) in [5.41, 5.74) is 13.4. The highest BCUT2D eigenvalue weighted by molar-refractivity contribution is 5.94. The zero-order chi connectivity index (χ0) is 28.8. The lowest BCUT2D eigenvalue weighted by Crippen LogP contribution is -2.49. The van der Waals surface area contributed by atoms with Crippen LogP contribution in [0.5, 0.6) is 0 Å². The van der Waals surface area contributed by atoms with Gasteiger partial charge >= 0.3 is 0 Å². The van der Waals surface area contributed by atoms with Crippen LogP contribution in [0.1, 0.15) is 66.5 Å². The minimum absolute atomic E-state index is 0.0386. The molecule has 2 aromatic rings. The molecule has 0 saturated heterocycles. The number of allylic oxidation sites excluding steroid dienone is 14. The Morgan fingerprint density at radius 3 is 1.60 bits per heavy atom. The van der Waals surface area contributed by atoms with E-state index < -0.39 is 0 Å². The number of rotatable bonds is 2. The molecule has 0 aliphatic heterocycles. The van der Waals surface area contributed by atoms with Gasteiger partial charge in [-0.2, -0.15) is 0 Å². The summed E-state index contributed by atoms with van der Waals surface area (Å²) in [4.78, 5) is 0. The topological polar surface area (TPSA) is 7.76 Å². The van der Waals surface area contributed by atoms with E-state index >= 15 is 0 Å². The van der Waals surface area contributed by atoms with Crippen LogP contribution < -0.4 is 9.13 Å². The van der Waals surface area contributed by atoms with E-state index in [4.69, 9.17) is 0 Å². The summed E-state index contributed by atoms with van der Waals surface area (Å²) in [6.07, 6.45) is 23.7. The lowest BCUT2D eigenvalue weighted by molar-refractivity contribution is -0.671. The van der Waals surface area contributed by atoms with E-state index in [1.54, 1.807) is 0 Å². The van der Waals surface area contributed by atoms with Gasteiger partial charge in [-0.1, -0.05) is 79.7 Å². The highest BCUT2D eigenvalue weighted by Gasteiger charge is 2.59. The predicted molar refractivity (Wildman–Crippen MR) is 166 cm³/mol. The highest BCUT2D eigenvalue weighted by atomic mass is 14.9. The van der Waals surface area contributed by atoms with Crippen molar-refractivity contribution in [1.82, 2.24) is 0 Å². The average molecular weight is 529 g/mol. The second-order valence-electron chi connectivity index (χ2n) is 14.6. The van der Waals surface area contributed by atoms with Crippen LogP contribution >= 0.6 is 0 Å². The molecule has 0 aromatic carbocycles. The third-order valence-electron chi connectivity index (χ3n) is 9.94. The van der Waals surface area contributed by atoms with Gasteiger partial charge in [-0.25, -0.2) is 9.13 Å². The molecule has 204 valence electrons. The smallest absolute Gasteiger partial charge is 0.169 e. The Kier molecular flexibility index (Phi) is 5.67. The van der Waals surface area contributed by atoms with Crippen LogP contribution in [-0.2, 0) is 14.1 Å². The van der Waals surface area contributed by atoms with E-state index in [-0.39, 0.29) is 21.7 Å². The summed E-state index contributed by atoms with van der Waals surface area (Å²) in [7, 11) is 4.18. The van der Waals surface area contributed by atoms with E-state index in [1.807, 2.05) is 0 Å². The van der Waals surface area contributed by atoms with Crippen molar-refractivity contribution in [2.45, 2.75) is 55.4 Å². The normalized spacial score (nSPS) is 25.8. The van der Waals surface area contributed by atoms with Gasteiger partial charge in [-0.05, 0) is 78.7 Å². The van der Waals surface area contributed by atoms with Crippen molar-refractivity contribution in [3.8, 4) is 0 Å². The summed E-state index contributed by atoms with van der Waals surface area (Å²) >= 11 is 0. The first kappa shape index (κ1) is 26.7. The molecule has 0 N–H and O–H groups in total. The van der Waals surface area contributed by atoms with Crippen LogP contribution in [-0.4, -0.2) is 0 Å². The van der Waals surface area contributed by atoms with Gasteiger partial charge in [0.1, 0.15) is 14.1 Å². The fraction of sp³-hybridized carbons (Fsp3) is 0.368. The minimum Gasteiger partial charge on any atom is -0.208 e. The summed E-state index contributed by atoms with van der Waals surface area (Å²) in [6.45, 7) is 19.0. The molecule has 2 heteroatoms. The van der Waals surface area contributed by atoms with E-state index in [2.05, 4.69) is 164 Å². The fourth-order valence-corrected chi connectivity index (χ4v) is 6.97. The van der Waals surface area contributed by atoms with Crippen molar-refractivity contribution >= 4 is 11.1 Å². The molecule has 2 nitrogen and oxygen atoms in total. The first-order chi connectivity index (χ1) is 18.6. The lowest BCUT2D eigenvalue weighted by Gasteiger charge is -2.59. The molecule has 4 aliphatic carbocycles. The van der Waals surface area contributed by atoms with Crippen molar-refractivity contribution in [3.05, 3.63) is 130 Å². The Labute approximate surface area is 241 Å². The molecular weight excluding hydrogens is 484 g/mol. The molecule has 0 bridgehead atoms. The maximum Gasteiger partial charge on any atom is 0.169 e. The zero-order valence-corrected chi connectivity index (χ0v) is 26.0. The van der Waals surface area contributed by atoms with E-state index in [0.717, 1.165) is 0 Å². The number of nitrogens with zero attached hydrogens (tertiary/aromatic N) is 2. The van der Waals surface area contributed by atoms with Crippen LogP contribution in [0.3, 0.4) is 0 Å². The third-order valence-corrected chi connectivity index (χ3v) is 9.94. The lowest BCUT2D eigenvalue weighted by atomic mass is 9.43. The molecule has 0 saturated carbocycles. The minimum atomic E-state index is -0.201. The van der Waals surface area contributed by atoms with Gasteiger partial charge in [-0.15, -0.1) is 0 Å². The summed E-state index contributed by atoms with van der Waals surface area (Å²) < 4.78 is 4.24. The number of aromatic nitrogens is 2. The van der Waals surface area contributed by atoms with E-state index in [9.17, 15) is 0 Å². The van der Waals surface area contributed by atoms with Gasteiger partial charge in [0.25, 0.3) is 0 Å². The molecule has 0 spiro atoms. The van der Waals surface area contributed by atoms with Crippen LogP contribution in [0, 0.1) is 21.7 Å². The molecule has 2 heterocycles. The first-order valence-electron chi connectivity index (χ1n) is 14.6. The second kappa shape index (κ2) is 8.49. The van der Waals surface area contributed by atoms with Crippen LogP contribution in [0.2, 0.25) is 0 Å². The number of pyridine rings is 2. The summed E-state index contributed by atoms with van der Waals surface area (Å²) in [5, 5.41) is 0. The predicted octanol–water partition coefficient (Wildman–Crippen LogP) is 7.96. The molecule has 2 atom stereocenters. The Balaban J connectivity index is 1.76. The number of hydrogen-bond acceptors (Lipinski definition) is 0. The van der Waals surface area contributed by atoms with Crippen LogP contribution in [0.25, 0.3) is 11.1 Å². The zero-order valence-electron chi connectivity index (χ0n) is 26.0. The monoisotopic (exact) mass is 528 g/mol. The SMILES string of the molecule is C[n+]1ccc(C2=CC3=CC(C(C)(C)C)=CC4=C(c5cc[n+](C)cc5)C=C5C=C(C(C)(C)C)C=C2[C@@]5(C)[C@]34C)cc1. The maximum atomic E-state index is 2.52. The quantitative estimate of drug-likeness (QED) is 0.349. The van der Waals surface area contributed by atoms with Gasteiger partial charge < -0.3 is 0 Å². The largest absolute Gasteiger partial charge is 0.208 e. The van der Waals surface area contributed by atoms with Crippen molar-refractivity contribution in [3.63, 3.8) is 0 Å². The Hall–Kier alpha value is -3.52. The van der Waals surface area contributed by atoms with Crippen LogP contribution in [0.15, 0.2) is 119 Å². The van der Waals surface area contributed by atoms with Crippen molar-refractivity contribution in [2.75, 3.05) is 0 Å². The summed E-state index contributed by atoms with van der Waals surface area (Å²) in [6, 6.07) is 9.10. The van der Waals surface area contributed by atoms with Crippen molar-refractivity contribution in [2.24, 2.45) is 35.8 Å². The third kappa shape index (κ3) is 3.75.